The molecule has 0 aliphatic rings. The smallest absolute Gasteiger partial charge is 0.306 e. The van der Waals surface area contributed by atoms with Gasteiger partial charge in [-0.25, -0.2) is 0 Å². The van der Waals surface area contributed by atoms with Gasteiger partial charge in [0.2, 0.25) is 0 Å². The lowest BCUT2D eigenvalue weighted by molar-refractivity contribution is -0.167. The topological polar surface area (TPSA) is 78.9 Å². The van der Waals surface area contributed by atoms with Crippen LogP contribution in [0.15, 0.2) is 12.2 Å². The zero-order chi connectivity index (χ0) is 57.8. The van der Waals surface area contributed by atoms with E-state index >= 15 is 0 Å². The average molecular weight is 1130 g/mol. The number of unbranched alkanes of at least 4 members (excludes halogenated alkanes) is 56. The Hall–Kier alpha value is -1.85. The van der Waals surface area contributed by atoms with Crippen LogP contribution in [-0.4, -0.2) is 37.2 Å². The van der Waals surface area contributed by atoms with Gasteiger partial charge in [0, 0.05) is 19.3 Å². The summed E-state index contributed by atoms with van der Waals surface area (Å²) in [5, 5.41) is 0. The zero-order valence-electron chi connectivity index (χ0n) is 54.6. The first-order chi connectivity index (χ1) is 39.5. The molecule has 0 aromatic rings. The molecule has 1 unspecified atom stereocenters. The highest BCUT2D eigenvalue weighted by molar-refractivity contribution is 5.71. The summed E-state index contributed by atoms with van der Waals surface area (Å²) >= 11 is 0. The SMILES string of the molecule is CCCCCCCC/C=C\CCCCCCCC(=O)OCC(COC(=O)CCCCCCCCCCCCCCCCCCCCCCCCCCCCC)OC(=O)CCCCCCCCCCCCCCCCCCCCCC. The molecule has 0 rings (SSSR count). The van der Waals surface area contributed by atoms with Crippen molar-refractivity contribution in [2.45, 2.75) is 431 Å². The Morgan fingerprint density at radius 2 is 0.412 bits per heavy atom. The summed E-state index contributed by atoms with van der Waals surface area (Å²) in [6.07, 6.45) is 84.0. The number of carbonyl (C=O) groups is 3. The van der Waals surface area contributed by atoms with Crippen LogP contribution in [0.4, 0.5) is 0 Å². The van der Waals surface area contributed by atoms with Gasteiger partial charge in [-0.2, -0.15) is 0 Å². The van der Waals surface area contributed by atoms with Crippen molar-refractivity contribution in [1.82, 2.24) is 0 Å². The van der Waals surface area contributed by atoms with E-state index in [-0.39, 0.29) is 31.1 Å². The molecular weight excluding hydrogens is 985 g/mol. The van der Waals surface area contributed by atoms with Gasteiger partial charge in [0.05, 0.1) is 0 Å². The molecule has 0 fully saturated rings. The molecule has 0 amide bonds. The second-order valence-corrected chi connectivity index (χ2v) is 25.2. The van der Waals surface area contributed by atoms with Crippen molar-refractivity contribution >= 4 is 17.9 Å². The predicted molar refractivity (Wildman–Crippen MR) is 349 cm³/mol. The van der Waals surface area contributed by atoms with Crippen molar-refractivity contribution in [2.75, 3.05) is 13.2 Å². The summed E-state index contributed by atoms with van der Waals surface area (Å²) in [4.78, 5) is 38.5. The number of esters is 3. The van der Waals surface area contributed by atoms with E-state index in [1.165, 1.54) is 321 Å². The molecule has 6 nitrogen and oxygen atoms in total. The first kappa shape index (κ1) is 78.1. The van der Waals surface area contributed by atoms with Crippen molar-refractivity contribution in [3.63, 3.8) is 0 Å². The van der Waals surface area contributed by atoms with E-state index in [2.05, 4.69) is 32.9 Å². The minimum Gasteiger partial charge on any atom is -0.462 e. The molecule has 1 atom stereocenters. The lowest BCUT2D eigenvalue weighted by Gasteiger charge is -2.18. The van der Waals surface area contributed by atoms with Gasteiger partial charge in [0.25, 0.3) is 0 Å². The quantitative estimate of drug-likeness (QED) is 0.0261. The van der Waals surface area contributed by atoms with Gasteiger partial charge in [-0.3, -0.25) is 14.4 Å². The molecule has 0 aliphatic heterocycles. The van der Waals surface area contributed by atoms with E-state index in [0.29, 0.717) is 19.3 Å². The van der Waals surface area contributed by atoms with E-state index in [1.54, 1.807) is 0 Å². The summed E-state index contributed by atoms with van der Waals surface area (Å²) < 4.78 is 17.0. The Balaban J connectivity index is 4.21. The number of allylic oxidation sites excluding steroid dienone is 2. The average Bonchev–Trinajstić information content (AvgIpc) is 3.46. The Bertz CT molecular complexity index is 1250. The van der Waals surface area contributed by atoms with E-state index in [4.69, 9.17) is 14.2 Å². The van der Waals surface area contributed by atoms with Crippen molar-refractivity contribution in [3.05, 3.63) is 12.2 Å². The normalized spacial score (nSPS) is 12.0. The van der Waals surface area contributed by atoms with Gasteiger partial charge >= 0.3 is 17.9 Å². The Morgan fingerprint density at radius 3 is 0.625 bits per heavy atom. The maximum absolute atomic E-state index is 13.0. The maximum Gasteiger partial charge on any atom is 0.306 e. The van der Waals surface area contributed by atoms with Gasteiger partial charge in [0.15, 0.2) is 6.10 Å². The first-order valence-electron chi connectivity index (χ1n) is 36.7. The van der Waals surface area contributed by atoms with Crippen molar-refractivity contribution in [3.8, 4) is 0 Å². The van der Waals surface area contributed by atoms with E-state index in [1.807, 2.05) is 0 Å². The fourth-order valence-electron chi connectivity index (χ4n) is 11.5. The zero-order valence-corrected chi connectivity index (χ0v) is 54.6. The van der Waals surface area contributed by atoms with Crippen molar-refractivity contribution < 1.29 is 28.6 Å². The standard InChI is InChI=1S/C74H142O6/c1-4-7-10-13-16-19-22-25-28-30-32-34-35-36-37-38-39-40-42-43-46-49-52-55-58-61-64-67-73(76)79-70-71(69-78-72(75)66-63-60-57-54-51-48-45-27-24-21-18-15-12-9-6-3)80-74(77)68-65-62-59-56-53-50-47-44-41-33-31-29-26-23-20-17-14-11-8-5-2/h27,45,71H,4-26,28-44,46-70H2,1-3H3/b45-27-. The molecule has 0 bridgehead atoms. The second kappa shape index (κ2) is 69.6. The van der Waals surface area contributed by atoms with Crippen LogP contribution in [0.5, 0.6) is 0 Å². The van der Waals surface area contributed by atoms with E-state index < -0.39 is 6.10 Å². The highest BCUT2D eigenvalue weighted by Crippen LogP contribution is 2.19. The van der Waals surface area contributed by atoms with Gasteiger partial charge in [0.1, 0.15) is 13.2 Å². The summed E-state index contributed by atoms with van der Waals surface area (Å²) in [6, 6.07) is 0. The van der Waals surface area contributed by atoms with Gasteiger partial charge in [-0.15, -0.1) is 0 Å². The highest BCUT2D eigenvalue weighted by Gasteiger charge is 2.20. The molecule has 0 radical (unpaired) electrons. The molecule has 0 spiro atoms. The molecule has 0 N–H and O–H groups in total. The van der Waals surface area contributed by atoms with Crippen molar-refractivity contribution in [1.29, 1.82) is 0 Å². The van der Waals surface area contributed by atoms with Crippen LogP contribution in [0.1, 0.15) is 425 Å². The Morgan fingerprint density at radius 1 is 0.237 bits per heavy atom. The van der Waals surface area contributed by atoms with Crippen LogP contribution in [-0.2, 0) is 28.6 Å². The monoisotopic (exact) mass is 1130 g/mol. The molecule has 0 saturated carbocycles. The molecule has 0 saturated heterocycles. The van der Waals surface area contributed by atoms with Crippen molar-refractivity contribution in [2.24, 2.45) is 0 Å². The molecule has 0 aromatic carbocycles. The third-order valence-corrected chi connectivity index (χ3v) is 17.0. The third-order valence-electron chi connectivity index (χ3n) is 17.0. The van der Waals surface area contributed by atoms with Gasteiger partial charge in [-0.05, 0) is 44.9 Å². The van der Waals surface area contributed by atoms with E-state index in [0.717, 1.165) is 64.2 Å². The van der Waals surface area contributed by atoms with Crippen LogP contribution in [0.2, 0.25) is 0 Å². The van der Waals surface area contributed by atoms with E-state index in [9.17, 15) is 14.4 Å². The van der Waals surface area contributed by atoms with Crippen LogP contribution in [0.3, 0.4) is 0 Å². The fraction of sp³-hybridized carbons (Fsp3) is 0.932. The highest BCUT2D eigenvalue weighted by atomic mass is 16.6. The fourth-order valence-corrected chi connectivity index (χ4v) is 11.5. The largest absolute Gasteiger partial charge is 0.462 e. The molecule has 0 aromatic heterocycles. The lowest BCUT2D eigenvalue weighted by Crippen LogP contribution is -2.30. The molecule has 6 heteroatoms. The molecule has 0 aliphatic carbocycles. The molecule has 0 heterocycles. The van der Waals surface area contributed by atoms with Crippen LogP contribution in [0.25, 0.3) is 0 Å². The number of hydrogen-bond donors (Lipinski definition) is 0. The summed E-state index contributed by atoms with van der Waals surface area (Å²) in [7, 11) is 0. The third kappa shape index (κ3) is 66.9. The molecule has 80 heavy (non-hydrogen) atoms. The maximum atomic E-state index is 13.0. The van der Waals surface area contributed by atoms with Crippen LogP contribution >= 0.6 is 0 Å². The minimum atomic E-state index is -0.770. The number of carbonyl (C=O) groups excluding carboxylic acids is 3. The molecule has 474 valence electrons. The van der Waals surface area contributed by atoms with Crippen LogP contribution < -0.4 is 0 Å². The summed E-state index contributed by atoms with van der Waals surface area (Å²) in [5.74, 6) is -0.837. The summed E-state index contributed by atoms with van der Waals surface area (Å²) in [6.45, 7) is 6.73. The van der Waals surface area contributed by atoms with Gasteiger partial charge < -0.3 is 14.2 Å². The molecular formula is C74H142O6. The second-order valence-electron chi connectivity index (χ2n) is 25.2. The number of hydrogen-bond acceptors (Lipinski definition) is 6. The first-order valence-corrected chi connectivity index (χ1v) is 36.7. The van der Waals surface area contributed by atoms with Crippen LogP contribution in [0, 0.1) is 0 Å². The number of rotatable bonds is 69. The minimum absolute atomic E-state index is 0.0655. The lowest BCUT2D eigenvalue weighted by atomic mass is 10.0. The van der Waals surface area contributed by atoms with Gasteiger partial charge in [-0.1, -0.05) is 373 Å². The Kier molecular flexibility index (Phi) is 68.0. The Labute approximate surface area is 501 Å². The summed E-state index contributed by atoms with van der Waals surface area (Å²) in [5.41, 5.74) is 0. The predicted octanol–water partition coefficient (Wildman–Crippen LogP) is 25.2. The number of ether oxygens (including phenoxy) is 3.